The molecule has 172 valence electrons. The molecule has 0 aliphatic heterocycles. The largest absolute Gasteiger partial charge is 0.0729 e. The quantitative estimate of drug-likeness (QED) is 0.434. The number of rotatable bonds is 4. The first-order valence-electron chi connectivity index (χ1n) is 12.8. The number of hydrogen-bond acceptors (Lipinski definition) is 0. The molecule has 0 heteroatoms. The molecule has 3 unspecified atom stereocenters. The van der Waals surface area contributed by atoms with Crippen LogP contribution in [0.4, 0.5) is 0 Å². The molecule has 0 saturated heterocycles. The van der Waals surface area contributed by atoms with Crippen LogP contribution in [0.25, 0.3) is 0 Å². The van der Waals surface area contributed by atoms with Crippen LogP contribution in [0.3, 0.4) is 0 Å². The fourth-order valence-corrected chi connectivity index (χ4v) is 6.32. The monoisotopic (exact) mass is 452 g/mol. The molecule has 0 heterocycles. The third-order valence-electron chi connectivity index (χ3n) is 8.09. The molecule has 0 saturated carbocycles. The van der Waals surface area contributed by atoms with Gasteiger partial charge in [0.1, 0.15) is 0 Å². The van der Waals surface area contributed by atoms with E-state index in [1.54, 1.807) is 11.1 Å². The summed E-state index contributed by atoms with van der Waals surface area (Å²) in [5.74, 6) is 1.11. The summed E-state index contributed by atoms with van der Waals surface area (Å²) in [4.78, 5) is 0. The molecule has 0 spiro atoms. The summed E-state index contributed by atoms with van der Waals surface area (Å²) in [5, 5.41) is 0. The van der Waals surface area contributed by atoms with Gasteiger partial charge in [0, 0.05) is 17.8 Å². The highest BCUT2D eigenvalue weighted by atomic mass is 14.4. The van der Waals surface area contributed by atoms with Crippen molar-refractivity contribution >= 4 is 0 Å². The van der Waals surface area contributed by atoms with Crippen molar-refractivity contribution in [1.82, 2.24) is 0 Å². The van der Waals surface area contributed by atoms with Crippen molar-refractivity contribution in [3.8, 4) is 0 Å². The zero-order chi connectivity index (χ0) is 23.8. The average Bonchev–Trinajstić information content (AvgIpc) is 3.15. The van der Waals surface area contributed by atoms with E-state index in [4.69, 9.17) is 0 Å². The molecule has 0 radical (unpaired) electrons. The Bertz CT molecular complexity index is 1380. The smallest absolute Gasteiger partial charge is 0.0275 e. The molecule has 0 bridgehead atoms. The molecule has 4 aliphatic carbocycles. The fourth-order valence-electron chi connectivity index (χ4n) is 6.32. The highest BCUT2D eigenvalue weighted by Gasteiger charge is 2.33. The van der Waals surface area contributed by atoms with Crippen molar-refractivity contribution in [3.63, 3.8) is 0 Å². The minimum Gasteiger partial charge on any atom is -0.0729 e. The van der Waals surface area contributed by atoms with Crippen molar-refractivity contribution in [2.75, 3.05) is 0 Å². The van der Waals surface area contributed by atoms with Gasteiger partial charge in [-0.15, -0.1) is 0 Å². The minimum absolute atomic E-state index is 0.319. The SMILES string of the molecule is CC1=CC2=C(C=CC=CC2c2ccccc2)C1CC1=C(C)CC2=C1C=CC=CC2c1ccccc1. The topological polar surface area (TPSA) is 0 Å². The Labute approximate surface area is 209 Å². The van der Waals surface area contributed by atoms with Crippen LogP contribution in [0.2, 0.25) is 0 Å². The molecule has 2 aromatic rings. The molecular weight excluding hydrogens is 420 g/mol. The maximum absolute atomic E-state index is 2.47. The summed E-state index contributed by atoms with van der Waals surface area (Å²) in [6.07, 6.45) is 23.0. The fraction of sp³-hybridized carbons (Fsp3) is 0.200. The lowest BCUT2D eigenvalue weighted by Crippen LogP contribution is -2.06. The Kier molecular flexibility index (Phi) is 5.74. The predicted octanol–water partition coefficient (Wildman–Crippen LogP) is 9.09. The van der Waals surface area contributed by atoms with E-state index < -0.39 is 0 Å². The predicted molar refractivity (Wildman–Crippen MR) is 148 cm³/mol. The van der Waals surface area contributed by atoms with E-state index in [-0.39, 0.29) is 0 Å². The van der Waals surface area contributed by atoms with Crippen LogP contribution in [0, 0.1) is 5.92 Å². The van der Waals surface area contributed by atoms with Crippen molar-refractivity contribution in [3.05, 3.63) is 165 Å². The second-order valence-electron chi connectivity index (χ2n) is 10.2. The van der Waals surface area contributed by atoms with Crippen LogP contribution >= 0.6 is 0 Å². The van der Waals surface area contributed by atoms with E-state index in [0.717, 1.165) is 12.8 Å². The summed E-state index contributed by atoms with van der Waals surface area (Å²) in [7, 11) is 0. The van der Waals surface area contributed by atoms with Crippen molar-refractivity contribution < 1.29 is 0 Å². The van der Waals surface area contributed by atoms with Crippen LogP contribution in [0.15, 0.2) is 154 Å². The molecule has 35 heavy (non-hydrogen) atoms. The molecule has 3 atom stereocenters. The van der Waals surface area contributed by atoms with Crippen LogP contribution in [0.5, 0.6) is 0 Å². The van der Waals surface area contributed by atoms with Gasteiger partial charge in [-0.1, -0.05) is 126 Å². The van der Waals surface area contributed by atoms with E-state index in [2.05, 4.69) is 129 Å². The first kappa shape index (κ1) is 21.9. The average molecular weight is 453 g/mol. The Morgan fingerprint density at radius 3 is 2.03 bits per heavy atom. The summed E-state index contributed by atoms with van der Waals surface area (Å²) in [6, 6.07) is 21.9. The Balaban J connectivity index is 1.36. The van der Waals surface area contributed by atoms with Gasteiger partial charge in [0.2, 0.25) is 0 Å². The molecular formula is C35H32. The third kappa shape index (κ3) is 3.98. The Morgan fingerprint density at radius 2 is 1.31 bits per heavy atom. The molecule has 2 aromatic carbocycles. The maximum atomic E-state index is 2.47. The lowest BCUT2D eigenvalue weighted by Gasteiger charge is -2.20. The first-order chi connectivity index (χ1) is 17.2. The lowest BCUT2D eigenvalue weighted by molar-refractivity contribution is 0.729. The van der Waals surface area contributed by atoms with Gasteiger partial charge in [0.05, 0.1) is 0 Å². The number of allylic oxidation sites excluding steroid dienone is 16. The third-order valence-corrected chi connectivity index (χ3v) is 8.09. The second-order valence-corrected chi connectivity index (χ2v) is 10.2. The van der Waals surface area contributed by atoms with E-state index in [9.17, 15) is 0 Å². The zero-order valence-corrected chi connectivity index (χ0v) is 20.6. The highest BCUT2D eigenvalue weighted by Crippen LogP contribution is 2.49. The molecule has 0 nitrogen and oxygen atoms in total. The Hall–Kier alpha value is -3.64. The van der Waals surface area contributed by atoms with Crippen LogP contribution in [0.1, 0.15) is 49.7 Å². The van der Waals surface area contributed by atoms with Crippen LogP contribution in [-0.2, 0) is 0 Å². The van der Waals surface area contributed by atoms with Crippen LogP contribution in [-0.4, -0.2) is 0 Å². The molecule has 0 N–H and O–H groups in total. The summed E-state index contributed by atoms with van der Waals surface area (Å²) < 4.78 is 0. The summed E-state index contributed by atoms with van der Waals surface area (Å²) in [6.45, 7) is 4.68. The van der Waals surface area contributed by atoms with E-state index in [1.807, 2.05) is 0 Å². The molecule has 0 aromatic heterocycles. The number of hydrogen-bond donors (Lipinski definition) is 0. The Morgan fingerprint density at radius 1 is 0.686 bits per heavy atom. The van der Waals surface area contributed by atoms with Crippen LogP contribution < -0.4 is 0 Å². The second kappa shape index (κ2) is 9.19. The van der Waals surface area contributed by atoms with Gasteiger partial charge >= 0.3 is 0 Å². The normalized spacial score (nSPS) is 25.1. The standard InChI is InChI=1S/C35H32/c1-24-21-34-28(26-13-5-3-6-14-26)17-9-11-19-30(34)32(24)23-33-25(2)22-35-29(18-10-12-20-31(33)35)27-15-7-4-8-16-27/h3-21,28-29,32H,22-23H2,1-2H3. The van der Waals surface area contributed by atoms with E-state index in [0.29, 0.717) is 17.8 Å². The molecule has 0 fully saturated rings. The van der Waals surface area contributed by atoms with Crippen molar-refractivity contribution in [2.24, 2.45) is 5.92 Å². The maximum Gasteiger partial charge on any atom is 0.0275 e. The molecule has 4 aliphatic rings. The van der Waals surface area contributed by atoms with E-state index in [1.165, 1.54) is 39.0 Å². The molecule has 0 amide bonds. The highest BCUT2D eigenvalue weighted by molar-refractivity contribution is 5.61. The van der Waals surface area contributed by atoms with Crippen molar-refractivity contribution in [1.29, 1.82) is 0 Å². The van der Waals surface area contributed by atoms with Gasteiger partial charge < -0.3 is 0 Å². The summed E-state index contributed by atoms with van der Waals surface area (Å²) >= 11 is 0. The minimum atomic E-state index is 0.319. The number of benzene rings is 2. The molecule has 6 rings (SSSR count). The van der Waals surface area contributed by atoms with Crippen molar-refractivity contribution in [2.45, 2.75) is 38.5 Å². The van der Waals surface area contributed by atoms with Gasteiger partial charge in [-0.05, 0) is 65.7 Å². The van der Waals surface area contributed by atoms with Gasteiger partial charge in [-0.2, -0.15) is 0 Å². The first-order valence-corrected chi connectivity index (χ1v) is 12.8. The van der Waals surface area contributed by atoms with E-state index >= 15 is 0 Å². The van der Waals surface area contributed by atoms with Gasteiger partial charge in [-0.25, -0.2) is 0 Å². The lowest BCUT2D eigenvalue weighted by atomic mass is 9.83. The zero-order valence-electron chi connectivity index (χ0n) is 20.6. The van der Waals surface area contributed by atoms with Gasteiger partial charge in [0.15, 0.2) is 0 Å². The van der Waals surface area contributed by atoms with Gasteiger partial charge in [0.25, 0.3) is 0 Å². The van der Waals surface area contributed by atoms with Gasteiger partial charge in [-0.3, -0.25) is 0 Å². The summed E-state index contributed by atoms with van der Waals surface area (Å²) in [5.41, 5.74) is 13.3.